The summed E-state index contributed by atoms with van der Waals surface area (Å²) in [4.78, 5) is 2.63. The van der Waals surface area contributed by atoms with Crippen LogP contribution in [0, 0.1) is 0 Å². The smallest absolute Gasteiger partial charge is 0.133 e. The summed E-state index contributed by atoms with van der Waals surface area (Å²) in [6, 6.07) is 10.6. The van der Waals surface area contributed by atoms with Gasteiger partial charge in [0.15, 0.2) is 0 Å². The van der Waals surface area contributed by atoms with Crippen LogP contribution in [0.3, 0.4) is 0 Å². The van der Waals surface area contributed by atoms with Crippen molar-refractivity contribution >= 4 is 17.5 Å². The maximum atomic E-state index is 6.26. The summed E-state index contributed by atoms with van der Waals surface area (Å²) in [6.07, 6.45) is 7.91. The first-order chi connectivity index (χ1) is 9.92. The second-order valence-electron chi connectivity index (χ2n) is 5.26. The van der Waals surface area contributed by atoms with Crippen LogP contribution in [0.25, 0.3) is 5.70 Å². The molecular weight excluding hydrogens is 266 g/mol. The molecule has 0 saturated carbocycles. The molecule has 0 aromatic heterocycles. The SMILES string of the molecule is C1=CC2=C(CC1)OC1CCNC(c3ccccc3)=C1S2. The molecule has 2 nitrogen and oxygen atoms in total. The van der Waals surface area contributed by atoms with E-state index < -0.39 is 0 Å². The van der Waals surface area contributed by atoms with Gasteiger partial charge in [-0.15, -0.1) is 0 Å². The second-order valence-corrected chi connectivity index (χ2v) is 6.34. The van der Waals surface area contributed by atoms with Crippen molar-refractivity contribution in [2.45, 2.75) is 25.4 Å². The van der Waals surface area contributed by atoms with Crippen molar-refractivity contribution in [1.82, 2.24) is 5.32 Å². The minimum atomic E-state index is 0.238. The molecule has 102 valence electrons. The first-order valence-corrected chi connectivity index (χ1v) is 8.01. The highest BCUT2D eigenvalue weighted by Gasteiger charge is 2.32. The molecule has 1 N–H and O–H groups in total. The van der Waals surface area contributed by atoms with Crippen molar-refractivity contribution in [3.05, 3.63) is 63.6 Å². The van der Waals surface area contributed by atoms with E-state index >= 15 is 0 Å². The predicted octanol–water partition coefficient (Wildman–Crippen LogP) is 4.04. The first kappa shape index (κ1) is 12.2. The third-order valence-corrected chi connectivity index (χ3v) is 5.17. The molecule has 2 heterocycles. The van der Waals surface area contributed by atoms with Crippen molar-refractivity contribution in [2.24, 2.45) is 0 Å². The van der Waals surface area contributed by atoms with Crippen LogP contribution in [0.1, 0.15) is 24.8 Å². The fraction of sp³-hybridized carbons (Fsp3) is 0.294. The molecule has 0 bridgehead atoms. The fourth-order valence-electron chi connectivity index (χ4n) is 2.90. The minimum absolute atomic E-state index is 0.238. The number of allylic oxidation sites excluding steroid dienone is 3. The molecule has 4 rings (SSSR count). The second kappa shape index (κ2) is 5.06. The molecule has 0 amide bonds. The molecule has 1 unspecified atom stereocenters. The lowest BCUT2D eigenvalue weighted by atomic mass is 10.0. The molecule has 20 heavy (non-hydrogen) atoms. The summed E-state index contributed by atoms with van der Waals surface area (Å²) in [5.74, 6) is 1.19. The summed E-state index contributed by atoms with van der Waals surface area (Å²) < 4.78 is 6.26. The van der Waals surface area contributed by atoms with Gasteiger partial charge in [0.05, 0.1) is 10.6 Å². The minimum Gasteiger partial charge on any atom is -0.488 e. The van der Waals surface area contributed by atoms with Crippen molar-refractivity contribution in [3.63, 3.8) is 0 Å². The van der Waals surface area contributed by atoms with E-state index in [9.17, 15) is 0 Å². The zero-order valence-electron chi connectivity index (χ0n) is 11.3. The van der Waals surface area contributed by atoms with Gasteiger partial charge < -0.3 is 10.1 Å². The van der Waals surface area contributed by atoms with Gasteiger partial charge in [-0.3, -0.25) is 0 Å². The molecule has 0 spiro atoms. The number of hydrogen-bond acceptors (Lipinski definition) is 3. The molecule has 1 aromatic rings. The zero-order chi connectivity index (χ0) is 13.4. The van der Waals surface area contributed by atoms with Gasteiger partial charge in [0.2, 0.25) is 0 Å². The van der Waals surface area contributed by atoms with Gasteiger partial charge in [-0.05, 0) is 18.1 Å². The number of rotatable bonds is 1. The van der Waals surface area contributed by atoms with Gasteiger partial charge in [-0.25, -0.2) is 0 Å². The number of thioether (sulfide) groups is 1. The molecule has 1 aromatic carbocycles. The van der Waals surface area contributed by atoms with E-state index in [-0.39, 0.29) is 6.10 Å². The summed E-state index contributed by atoms with van der Waals surface area (Å²) in [7, 11) is 0. The van der Waals surface area contributed by atoms with Crippen LogP contribution in [0.4, 0.5) is 0 Å². The van der Waals surface area contributed by atoms with Crippen LogP contribution in [0.15, 0.2) is 58.1 Å². The monoisotopic (exact) mass is 283 g/mol. The topological polar surface area (TPSA) is 21.3 Å². The van der Waals surface area contributed by atoms with Crippen LogP contribution in [-0.2, 0) is 4.74 Å². The average Bonchev–Trinajstić information content (AvgIpc) is 2.53. The van der Waals surface area contributed by atoms with Gasteiger partial charge in [0, 0.05) is 24.3 Å². The molecule has 1 atom stereocenters. The van der Waals surface area contributed by atoms with Gasteiger partial charge >= 0.3 is 0 Å². The average molecular weight is 283 g/mol. The first-order valence-electron chi connectivity index (χ1n) is 7.19. The van der Waals surface area contributed by atoms with Crippen molar-refractivity contribution in [2.75, 3.05) is 6.54 Å². The molecule has 1 aliphatic carbocycles. The molecule has 3 heteroatoms. The van der Waals surface area contributed by atoms with Crippen LogP contribution in [0.5, 0.6) is 0 Å². The summed E-state index contributed by atoms with van der Waals surface area (Å²) >= 11 is 1.89. The normalized spacial score (nSPS) is 24.7. The van der Waals surface area contributed by atoms with Gasteiger partial charge in [0.1, 0.15) is 11.9 Å². The Hall–Kier alpha value is -1.61. The summed E-state index contributed by atoms with van der Waals surface area (Å²) in [6.45, 7) is 0.984. The number of fused-ring (bicyclic) bond motifs is 1. The number of benzene rings is 1. The van der Waals surface area contributed by atoms with Crippen LogP contribution < -0.4 is 5.32 Å². The lowest BCUT2D eigenvalue weighted by Gasteiger charge is -2.35. The van der Waals surface area contributed by atoms with E-state index in [1.54, 1.807) is 0 Å². The number of nitrogens with one attached hydrogen (secondary N) is 1. The Morgan fingerprint density at radius 3 is 3.00 bits per heavy atom. The highest BCUT2D eigenvalue weighted by molar-refractivity contribution is 8.07. The molecule has 3 aliphatic rings. The van der Waals surface area contributed by atoms with Gasteiger partial charge in [0.25, 0.3) is 0 Å². The maximum absolute atomic E-state index is 6.26. The van der Waals surface area contributed by atoms with Crippen molar-refractivity contribution < 1.29 is 4.74 Å². The number of hydrogen-bond donors (Lipinski definition) is 1. The largest absolute Gasteiger partial charge is 0.488 e. The molecule has 2 aliphatic heterocycles. The molecular formula is C17H17NOS. The Kier molecular flexibility index (Phi) is 3.07. The van der Waals surface area contributed by atoms with Crippen LogP contribution in [0.2, 0.25) is 0 Å². The summed E-state index contributed by atoms with van der Waals surface area (Å²) in [5, 5.41) is 3.56. The fourth-order valence-corrected chi connectivity index (χ4v) is 4.16. The predicted molar refractivity (Wildman–Crippen MR) is 83.8 cm³/mol. The number of ether oxygens (including phenoxy) is 1. The van der Waals surface area contributed by atoms with E-state index in [1.165, 1.54) is 26.8 Å². The van der Waals surface area contributed by atoms with Crippen molar-refractivity contribution in [3.8, 4) is 0 Å². The zero-order valence-corrected chi connectivity index (χ0v) is 12.1. The molecule has 0 radical (unpaired) electrons. The molecule has 0 saturated heterocycles. The van der Waals surface area contributed by atoms with E-state index in [0.717, 1.165) is 25.8 Å². The van der Waals surface area contributed by atoms with Gasteiger partial charge in [-0.1, -0.05) is 48.2 Å². The van der Waals surface area contributed by atoms with Crippen LogP contribution >= 0.6 is 11.8 Å². The summed E-state index contributed by atoms with van der Waals surface area (Å²) in [5.41, 5.74) is 2.50. The highest BCUT2D eigenvalue weighted by Crippen LogP contribution is 2.46. The lowest BCUT2D eigenvalue weighted by Crippen LogP contribution is -2.32. The molecule has 0 fully saturated rings. The lowest BCUT2D eigenvalue weighted by molar-refractivity contribution is 0.130. The van der Waals surface area contributed by atoms with Crippen molar-refractivity contribution in [1.29, 1.82) is 0 Å². The highest BCUT2D eigenvalue weighted by atomic mass is 32.2. The Morgan fingerprint density at radius 1 is 1.20 bits per heavy atom. The Balaban J connectivity index is 1.77. The Morgan fingerprint density at radius 2 is 2.10 bits per heavy atom. The van der Waals surface area contributed by atoms with Crippen LogP contribution in [-0.4, -0.2) is 12.6 Å². The maximum Gasteiger partial charge on any atom is 0.133 e. The quantitative estimate of drug-likeness (QED) is 0.840. The van der Waals surface area contributed by atoms with E-state index in [2.05, 4.69) is 47.8 Å². The van der Waals surface area contributed by atoms with E-state index in [1.807, 2.05) is 11.8 Å². The van der Waals surface area contributed by atoms with E-state index in [4.69, 9.17) is 4.74 Å². The third kappa shape index (κ3) is 2.06. The third-order valence-electron chi connectivity index (χ3n) is 3.90. The van der Waals surface area contributed by atoms with E-state index in [0.29, 0.717) is 0 Å². The standard InChI is InChI=1S/C17H17NOS/c1-2-6-12(7-3-1)16-17-14(10-11-18-16)19-13-8-4-5-9-15(13)20-17/h1-3,5-7,9,14,18H,4,8,10-11H2. The Bertz CT molecular complexity index is 615. The van der Waals surface area contributed by atoms with Gasteiger partial charge in [-0.2, -0.15) is 0 Å². The Labute approximate surface area is 123 Å².